The average Bonchev–Trinajstić information content (AvgIpc) is 3.00. The summed E-state index contributed by atoms with van der Waals surface area (Å²) in [5, 5.41) is 11.7. The van der Waals surface area contributed by atoms with Crippen molar-refractivity contribution in [3.8, 4) is 0 Å². The van der Waals surface area contributed by atoms with Gasteiger partial charge >= 0.3 is 6.03 Å². The molecule has 2 fully saturated rings. The number of ether oxygens (including phenoxy) is 1. The Morgan fingerprint density at radius 1 is 1.29 bits per heavy atom. The van der Waals surface area contributed by atoms with Crippen molar-refractivity contribution >= 4 is 6.03 Å². The molecule has 134 valence electrons. The third-order valence-corrected chi connectivity index (χ3v) is 5.17. The van der Waals surface area contributed by atoms with E-state index in [1.54, 1.807) is 4.80 Å². The van der Waals surface area contributed by atoms with E-state index in [-0.39, 0.29) is 12.1 Å². The molecule has 1 atom stereocenters. The molecule has 2 amide bonds. The molecule has 0 bridgehead atoms. The van der Waals surface area contributed by atoms with E-state index in [0.29, 0.717) is 32.2 Å². The number of morpholine rings is 1. The van der Waals surface area contributed by atoms with Crippen molar-refractivity contribution in [1.82, 2.24) is 25.2 Å². The van der Waals surface area contributed by atoms with Crippen molar-refractivity contribution in [3.05, 3.63) is 11.4 Å². The molecule has 7 heteroatoms. The van der Waals surface area contributed by atoms with Crippen LogP contribution in [0.15, 0.2) is 0 Å². The molecule has 2 aliphatic rings. The van der Waals surface area contributed by atoms with Crippen LogP contribution in [0.25, 0.3) is 0 Å². The molecular weight excluding hydrogens is 306 g/mol. The molecule has 24 heavy (non-hydrogen) atoms. The Morgan fingerprint density at radius 3 is 2.79 bits per heavy atom. The first-order valence-corrected chi connectivity index (χ1v) is 9.22. The van der Waals surface area contributed by atoms with Gasteiger partial charge < -0.3 is 15.0 Å². The van der Waals surface area contributed by atoms with Gasteiger partial charge in [0.1, 0.15) is 5.69 Å². The van der Waals surface area contributed by atoms with Crippen molar-refractivity contribution in [2.24, 2.45) is 5.92 Å². The highest BCUT2D eigenvalue weighted by molar-refractivity contribution is 5.74. The van der Waals surface area contributed by atoms with Crippen molar-refractivity contribution in [1.29, 1.82) is 0 Å². The van der Waals surface area contributed by atoms with E-state index >= 15 is 0 Å². The first-order valence-electron chi connectivity index (χ1n) is 9.22. The van der Waals surface area contributed by atoms with Crippen LogP contribution in [0.5, 0.6) is 0 Å². The highest BCUT2D eigenvalue weighted by Crippen LogP contribution is 2.29. The van der Waals surface area contributed by atoms with Gasteiger partial charge in [0.15, 0.2) is 0 Å². The fourth-order valence-electron chi connectivity index (χ4n) is 3.69. The first-order chi connectivity index (χ1) is 11.7. The van der Waals surface area contributed by atoms with E-state index in [2.05, 4.69) is 15.5 Å². The number of carbonyl (C=O) groups is 1. The Labute approximate surface area is 143 Å². The third-order valence-electron chi connectivity index (χ3n) is 5.17. The van der Waals surface area contributed by atoms with E-state index in [1.807, 2.05) is 18.7 Å². The molecule has 1 saturated heterocycles. The molecule has 1 aliphatic carbocycles. The molecule has 1 aliphatic heterocycles. The monoisotopic (exact) mass is 335 g/mol. The Balaban J connectivity index is 1.51. The van der Waals surface area contributed by atoms with Crippen LogP contribution in [0, 0.1) is 12.8 Å². The molecule has 0 aromatic carbocycles. The lowest BCUT2D eigenvalue weighted by Gasteiger charge is -2.38. The normalized spacial score (nSPS) is 22.6. The van der Waals surface area contributed by atoms with E-state index in [0.717, 1.165) is 17.9 Å². The number of hydrogen-bond donors (Lipinski definition) is 1. The fourth-order valence-corrected chi connectivity index (χ4v) is 3.69. The number of rotatable bonds is 4. The van der Waals surface area contributed by atoms with Crippen LogP contribution in [0.2, 0.25) is 0 Å². The predicted molar refractivity (Wildman–Crippen MR) is 90.6 cm³/mol. The number of carbonyl (C=O) groups excluding carboxylic acids is 1. The van der Waals surface area contributed by atoms with E-state index in [1.165, 1.54) is 32.1 Å². The molecule has 0 radical (unpaired) electrons. The Kier molecular flexibility index (Phi) is 5.71. The summed E-state index contributed by atoms with van der Waals surface area (Å²) in [6, 6.07) is -0.0236. The quantitative estimate of drug-likeness (QED) is 0.914. The van der Waals surface area contributed by atoms with Gasteiger partial charge in [-0.25, -0.2) is 4.79 Å². The molecule has 1 unspecified atom stereocenters. The number of aromatic nitrogens is 3. The summed E-state index contributed by atoms with van der Waals surface area (Å²) >= 11 is 0. The smallest absolute Gasteiger partial charge is 0.317 e. The zero-order chi connectivity index (χ0) is 16.9. The summed E-state index contributed by atoms with van der Waals surface area (Å²) in [5.41, 5.74) is 1.71. The minimum absolute atomic E-state index is 0.0236. The van der Waals surface area contributed by atoms with Gasteiger partial charge in [0, 0.05) is 13.1 Å². The van der Waals surface area contributed by atoms with Gasteiger partial charge in [-0.3, -0.25) is 0 Å². The van der Waals surface area contributed by atoms with E-state index in [4.69, 9.17) is 4.74 Å². The summed E-state index contributed by atoms with van der Waals surface area (Å²) < 4.78 is 5.95. The van der Waals surface area contributed by atoms with Crippen LogP contribution in [0.1, 0.15) is 50.4 Å². The van der Waals surface area contributed by atoms with Gasteiger partial charge in [-0.15, -0.1) is 0 Å². The Bertz CT molecular complexity index is 553. The maximum absolute atomic E-state index is 12.5. The molecule has 2 heterocycles. The summed E-state index contributed by atoms with van der Waals surface area (Å²) in [6.07, 6.45) is 6.60. The molecule has 1 N–H and O–H groups in total. The Morgan fingerprint density at radius 2 is 2.08 bits per heavy atom. The molecule has 3 rings (SSSR count). The highest BCUT2D eigenvalue weighted by atomic mass is 16.5. The van der Waals surface area contributed by atoms with Crippen LogP contribution in [-0.4, -0.2) is 51.7 Å². The summed E-state index contributed by atoms with van der Waals surface area (Å²) in [6.45, 7) is 7.10. The van der Waals surface area contributed by atoms with Crippen molar-refractivity contribution in [2.45, 2.75) is 65.1 Å². The number of urea groups is 1. The Hall–Kier alpha value is -1.63. The number of nitrogens with zero attached hydrogens (tertiary/aromatic N) is 4. The van der Waals surface area contributed by atoms with Crippen molar-refractivity contribution < 1.29 is 9.53 Å². The average molecular weight is 335 g/mol. The lowest BCUT2D eigenvalue weighted by Crippen LogP contribution is -2.51. The number of nitrogens with one attached hydrogen (secondary N) is 1. The number of amides is 2. The van der Waals surface area contributed by atoms with Crippen LogP contribution >= 0.6 is 0 Å². The maximum atomic E-state index is 12.5. The second-order valence-corrected chi connectivity index (χ2v) is 6.83. The van der Waals surface area contributed by atoms with Gasteiger partial charge in [0.05, 0.1) is 31.5 Å². The zero-order valence-corrected chi connectivity index (χ0v) is 14.8. The number of hydrogen-bond acceptors (Lipinski definition) is 4. The zero-order valence-electron chi connectivity index (χ0n) is 14.8. The molecular formula is C17H29N5O2. The van der Waals surface area contributed by atoms with Crippen molar-refractivity contribution in [3.63, 3.8) is 0 Å². The van der Waals surface area contributed by atoms with Crippen LogP contribution in [-0.2, 0) is 17.8 Å². The fraction of sp³-hybridized carbons (Fsp3) is 0.824. The second kappa shape index (κ2) is 7.96. The third kappa shape index (κ3) is 4.06. The van der Waals surface area contributed by atoms with Crippen molar-refractivity contribution in [2.75, 3.05) is 19.7 Å². The van der Waals surface area contributed by atoms with Gasteiger partial charge in [-0.05, 0) is 32.6 Å². The van der Waals surface area contributed by atoms with Crippen LogP contribution < -0.4 is 5.32 Å². The summed E-state index contributed by atoms with van der Waals surface area (Å²) in [4.78, 5) is 16.0. The van der Waals surface area contributed by atoms with Crippen LogP contribution in [0.4, 0.5) is 4.79 Å². The second-order valence-electron chi connectivity index (χ2n) is 6.83. The predicted octanol–water partition coefficient (Wildman–Crippen LogP) is 2.10. The van der Waals surface area contributed by atoms with Crippen LogP contribution in [0.3, 0.4) is 0 Å². The van der Waals surface area contributed by atoms with Gasteiger partial charge in [-0.2, -0.15) is 15.0 Å². The minimum atomic E-state index is -0.0236. The lowest BCUT2D eigenvalue weighted by atomic mass is 9.84. The van der Waals surface area contributed by atoms with Gasteiger partial charge in [0.2, 0.25) is 0 Å². The van der Waals surface area contributed by atoms with E-state index in [9.17, 15) is 4.79 Å². The summed E-state index contributed by atoms with van der Waals surface area (Å²) in [5.74, 6) is 0.612. The van der Waals surface area contributed by atoms with Gasteiger partial charge in [0.25, 0.3) is 0 Å². The lowest BCUT2D eigenvalue weighted by molar-refractivity contribution is -0.0525. The highest BCUT2D eigenvalue weighted by Gasteiger charge is 2.31. The first kappa shape index (κ1) is 17.2. The molecule has 7 nitrogen and oxygen atoms in total. The maximum Gasteiger partial charge on any atom is 0.317 e. The molecule has 0 spiro atoms. The largest absolute Gasteiger partial charge is 0.374 e. The topological polar surface area (TPSA) is 72.3 Å². The summed E-state index contributed by atoms with van der Waals surface area (Å²) in [7, 11) is 0. The van der Waals surface area contributed by atoms with E-state index < -0.39 is 0 Å². The van der Waals surface area contributed by atoms with Gasteiger partial charge in [-0.1, -0.05) is 19.3 Å². The number of aryl methyl sites for hydroxylation is 2. The molecule has 1 saturated carbocycles. The molecule has 1 aromatic heterocycles. The molecule has 1 aromatic rings. The standard InChI is InChI=1S/C17H29N5O2/c1-3-22-19-13(2)15(20-22)11-18-17(23)21-9-10-24-16(12-21)14-7-5-4-6-8-14/h14,16H,3-12H2,1-2H3,(H,18,23). The SMILES string of the molecule is CCn1nc(C)c(CNC(=O)N2CCOC(C3CCCCC3)C2)n1. The minimum Gasteiger partial charge on any atom is -0.374 e.